The minimum atomic E-state index is 0.821. The Morgan fingerprint density at radius 1 is 1.12 bits per heavy atom. The molecule has 1 aliphatic carbocycles. The molecule has 0 amide bonds. The molecule has 0 atom stereocenters. The van der Waals surface area contributed by atoms with Gasteiger partial charge >= 0.3 is 0 Å². The largest absolute Gasteiger partial charge is 0.314 e. The van der Waals surface area contributed by atoms with Crippen LogP contribution in [0.25, 0.3) is 0 Å². The zero-order chi connectivity index (χ0) is 11.1. The Labute approximate surface area is 103 Å². The van der Waals surface area contributed by atoms with Gasteiger partial charge in [0.15, 0.2) is 0 Å². The normalized spacial score (nSPS) is 16.8. The van der Waals surface area contributed by atoms with Crippen LogP contribution in [0.2, 0.25) is 0 Å². The molecule has 1 aromatic rings. The fourth-order valence-corrected chi connectivity index (χ4v) is 3.09. The molecule has 1 saturated carbocycles. The number of hydrogen-bond acceptors (Lipinski definition) is 2. The van der Waals surface area contributed by atoms with E-state index in [0.717, 1.165) is 6.04 Å². The summed E-state index contributed by atoms with van der Waals surface area (Å²) in [5.41, 5.74) is 0. The molecule has 1 aromatic carbocycles. The average Bonchev–Trinajstić information content (AvgIpc) is 2.83. The Hall–Kier alpha value is -0.470. The van der Waals surface area contributed by atoms with Gasteiger partial charge in [0.05, 0.1) is 0 Å². The fourth-order valence-electron chi connectivity index (χ4n) is 2.22. The molecular weight excluding hydrogens is 214 g/mol. The Bertz CT molecular complexity index is 280. The molecule has 88 valence electrons. The summed E-state index contributed by atoms with van der Waals surface area (Å²) in [7, 11) is 0. The van der Waals surface area contributed by atoms with Gasteiger partial charge in [-0.1, -0.05) is 31.0 Å². The van der Waals surface area contributed by atoms with Gasteiger partial charge in [0.2, 0.25) is 0 Å². The molecule has 1 N–H and O–H groups in total. The lowest BCUT2D eigenvalue weighted by Crippen LogP contribution is -2.27. The summed E-state index contributed by atoms with van der Waals surface area (Å²) in [4.78, 5) is 1.39. The Morgan fingerprint density at radius 2 is 1.88 bits per heavy atom. The predicted molar refractivity (Wildman–Crippen MR) is 72.0 cm³/mol. The lowest BCUT2D eigenvalue weighted by atomic mass is 10.2. The van der Waals surface area contributed by atoms with E-state index in [1.807, 2.05) is 11.8 Å². The number of thioether (sulfide) groups is 1. The van der Waals surface area contributed by atoms with Crippen LogP contribution in [0.3, 0.4) is 0 Å². The van der Waals surface area contributed by atoms with Crippen LogP contribution >= 0.6 is 11.8 Å². The first-order valence-corrected chi connectivity index (χ1v) is 7.35. The molecule has 1 fully saturated rings. The highest BCUT2D eigenvalue weighted by Gasteiger charge is 2.12. The van der Waals surface area contributed by atoms with E-state index < -0.39 is 0 Å². The maximum Gasteiger partial charge on any atom is 0.00719 e. The minimum Gasteiger partial charge on any atom is -0.314 e. The summed E-state index contributed by atoms with van der Waals surface area (Å²) in [6.07, 6.45) is 6.92. The Balaban J connectivity index is 1.52. The second kappa shape index (κ2) is 6.97. The first-order valence-electron chi connectivity index (χ1n) is 6.36. The maximum atomic E-state index is 3.65. The molecule has 0 saturated heterocycles. The van der Waals surface area contributed by atoms with Crippen molar-refractivity contribution >= 4 is 11.8 Å². The summed E-state index contributed by atoms with van der Waals surface area (Å²) in [6, 6.07) is 11.5. The molecule has 16 heavy (non-hydrogen) atoms. The van der Waals surface area contributed by atoms with Gasteiger partial charge in [0, 0.05) is 10.9 Å². The van der Waals surface area contributed by atoms with Crippen LogP contribution in [0.4, 0.5) is 0 Å². The van der Waals surface area contributed by atoms with Crippen LogP contribution < -0.4 is 5.32 Å². The lowest BCUT2D eigenvalue weighted by Gasteiger charge is -2.11. The SMILES string of the molecule is c1ccc(SCCCNC2CCCC2)cc1. The molecule has 0 aliphatic heterocycles. The van der Waals surface area contributed by atoms with E-state index in [2.05, 4.69) is 35.6 Å². The van der Waals surface area contributed by atoms with E-state index in [-0.39, 0.29) is 0 Å². The first-order chi connectivity index (χ1) is 7.95. The summed E-state index contributed by atoms with van der Waals surface area (Å²) in [5, 5.41) is 3.65. The monoisotopic (exact) mass is 235 g/mol. The average molecular weight is 235 g/mol. The maximum absolute atomic E-state index is 3.65. The van der Waals surface area contributed by atoms with Gasteiger partial charge in [-0.3, -0.25) is 0 Å². The Kier molecular flexibility index (Phi) is 5.23. The summed E-state index contributed by atoms with van der Waals surface area (Å²) in [5.74, 6) is 1.23. The highest BCUT2D eigenvalue weighted by Crippen LogP contribution is 2.19. The van der Waals surface area contributed by atoms with E-state index in [1.54, 1.807) is 0 Å². The van der Waals surface area contributed by atoms with Crippen molar-refractivity contribution in [2.24, 2.45) is 0 Å². The van der Waals surface area contributed by atoms with E-state index in [4.69, 9.17) is 0 Å². The summed E-state index contributed by atoms with van der Waals surface area (Å²) < 4.78 is 0. The molecule has 1 aliphatic rings. The van der Waals surface area contributed by atoms with E-state index >= 15 is 0 Å². The van der Waals surface area contributed by atoms with Crippen molar-refractivity contribution in [1.29, 1.82) is 0 Å². The van der Waals surface area contributed by atoms with Crippen molar-refractivity contribution in [2.45, 2.75) is 43.0 Å². The number of hydrogen-bond donors (Lipinski definition) is 1. The van der Waals surface area contributed by atoms with Crippen LogP contribution in [-0.2, 0) is 0 Å². The van der Waals surface area contributed by atoms with Gasteiger partial charge in [0.25, 0.3) is 0 Å². The van der Waals surface area contributed by atoms with Gasteiger partial charge in [0.1, 0.15) is 0 Å². The van der Waals surface area contributed by atoms with Crippen molar-refractivity contribution < 1.29 is 0 Å². The number of nitrogens with one attached hydrogen (secondary N) is 1. The number of rotatable bonds is 6. The van der Waals surface area contributed by atoms with Crippen molar-refractivity contribution in [3.8, 4) is 0 Å². The molecule has 0 bridgehead atoms. The van der Waals surface area contributed by atoms with E-state index in [9.17, 15) is 0 Å². The summed E-state index contributed by atoms with van der Waals surface area (Å²) in [6.45, 7) is 1.19. The van der Waals surface area contributed by atoms with Crippen LogP contribution in [0.15, 0.2) is 35.2 Å². The third-order valence-electron chi connectivity index (χ3n) is 3.12. The molecule has 2 heteroatoms. The van der Waals surface area contributed by atoms with Crippen LogP contribution in [-0.4, -0.2) is 18.3 Å². The molecule has 0 aromatic heterocycles. The summed E-state index contributed by atoms with van der Waals surface area (Å²) >= 11 is 1.96. The van der Waals surface area contributed by atoms with Gasteiger partial charge in [-0.25, -0.2) is 0 Å². The second-order valence-corrected chi connectivity index (χ2v) is 5.62. The third-order valence-corrected chi connectivity index (χ3v) is 4.22. The van der Waals surface area contributed by atoms with Crippen molar-refractivity contribution in [1.82, 2.24) is 5.32 Å². The molecule has 0 spiro atoms. The highest BCUT2D eigenvalue weighted by atomic mass is 32.2. The molecule has 2 rings (SSSR count). The van der Waals surface area contributed by atoms with Crippen molar-refractivity contribution in [3.05, 3.63) is 30.3 Å². The van der Waals surface area contributed by atoms with Crippen LogP contribution in [0.5, 0.6) is 0 Å². The predicted octanol–water partition coefficient (Wildman–Crippen LogP) is 3.70. The Morgan fingerprint density at radius 3 is 2.62 bits per heavy atom. The van der Waals surface area contributed by atoms with Crippen LogP contribution in [0.1, 0.15) is 32.1 Å². The zero-order valence-electron chi connectivity index (χ0n) is 9.82. The molecular formula is C14H21NS. The smallest absolute Gasteiger partial charge is 0.00719 e. The van der Waals surface area contributed by atoms with Crippen LogP contribution in [0, 0.1) is 0 Å². The molecule has 0 radical (unpaired) electrons. The number of benzene rings is 1. The van der Waals surface area contributed by atoms with E-state index in [0.29, 0.717) is 0 Å². The standard InChI is InChI=1S/C14H21NS/c1-2-9-14(10-3-1)16-12-6-11-15-13-7-4-5-8-13/h1-3,9-10,13,15H,4-8,11-12H2. The topological polar surface area (TPSA) is 12.0 Å². The van der Waals surface area contributed by atoms with Crippen molar-refractivity contribution in [3.63, 3.8) is 0 Å². The zero-order valence-corrected chi connectivity index (χ0v) is 10.6. The fraction of sp³-hybridized carbons (Fsp3) is 0.571. The quantitative estimate of drug-likeness (QED) is 0.596. The van der Waals surface area contributed by atoms with E-state index in [1.165, 1.54) is 49.3 Å². The molecule has 1 nitrogen and oxygen atoms in total. The lowest BCUT2D eigenvalue weighted by molar-refractivity contribution is 0.525. The first kappa shape index (κ1) is 12.0. The van der Waals surface area contributed by atoms with Gasteiger partial charge in [-0.15, -0.1) is 11.8 Å². The van der Waals surface area contributed by atoms with Gasteiger partial charge < -0.3 is 5.32 Å². The van der Waals surface area contributed by atoms with Crippen molar-refractivity contribution in [2.75, 3.05) is 12.3 Å². The van der Waals surface area contributed by atoms with Gasteiger partial charge in [-0.2, -0.15) is 0 Å². The third kappa shape index (κ3) is 4.18. The highest BCUT2D eigenvalue weighted by molar-refractivity contribution is 7.99. The molecule has 0 heterocycles. The minimum absolute atomic E-state index is 0.821. The van der Waals surface area contributed by atoms with Gasteiger partial charge in [-0.05, 0) is 43.7 Å². The second-order valence-electron chi connectivity index (χ2n) is 4.45. The molecule has 0 unspecified atom stereocenters.